The van der Waals surface area contributed by atoms with E-state index in [2.05, 4.69) is 10.0 Å². The smallest absolute Gasteiger partial charge is 0.237 e. The van der Waals surface area contributed by atoms with Gasteiger partial charge in [0.2, 0.25) is 5.91 Å². The minimum absolute atomic E-state index is 0.0268. The van der Waals surface area contributed by atoms with E-state index in [0.29, 0.717) is 0 Å². The van der Waals surface area contributed by atoms with Crippen molar-refractivity contribution in [1.82, 2.24) is 0 Å². The molecule has 2 rings (SSSR count). The maximum atomic E-state index is 12.1. The van der Waals surface area contributed by atoms with Crippen molar-refractivity contribution in [2.75, 3.05) is 18.5 Å². The van der Waals surface area contributed by atoms with Crippen LogP contribution in [-0.4, -0.2) is 19.5 Å². The number of rotatable bonds is 2. The number of likely N-dealkylation sites (N-methyl/N-ethyl adjacent to an activating group) is 1. The first-order chi connectivity index (χ1) is 7.61. The van der Waals surface area contributed by atoms with Crippen LogP contribution in [0.15, 0.2) is 29.4 Å². The van der Waals surface area contributed by atoms with Crippen LogP contribution in [0.5, 0.6) is 0 Å². The molecule has 5 heteroatoms. The lowest BCUT2D eigenvalue weighted by molar-refractivity contribution is -0.122. The number of azide groups is 1. The molecule has 0 aliphatic carbocycles. The third kappa shape index (κ3) is 1.26. The van der Waals surface area contributed by atoms with Crippen LogP contribution in [0.2, 0.25) is 0 Å². The Hall–Kier alpha value is -2.00. The molecule has 1 atom stereocenters. The number of amides is 1. The zero-order valence-electron chi connectivity index (χ0n) is 9.21. The first kappa shape index (κ1) is 10.5. The minimum Gasteiger partial charge on any atom is -0.314 e. The minimum atomic E-state index is -0.725. The normalized spacial score (nSPS) is 22.9. The molecule has 0 N–H and O–H groups in total. The molecule has 0 unspecified atom stereocenters. The SMILES string of the molecule is CN1C(=O)[C@](C)(CN=[N+]=[N-])c2ccccc21. The van der Waals surface area contributed by atoms with Gasteiger partial charge in [-0.1, -0.05) is 23.3 Å². The summed E-state index contributed by atoms with van der Waals surface area (Å²) in [7, 11) is 1.74. The third-order valence-electron chi connectivity index (χ3n) is 3.09. The van der Waals surface area contributed by atoms with Gasteiger partial charge in [0.15, 0.2) is 0 Å². The summed E-state index contributed by atoms with van der Waals surface area (Å²) in [5.41, 5.74) is 9.47. The van der Waals surface area contributed by atoms with Gasteiger partial charge in [-0.25, -0.2) is 0 Å². The highest BCUT2D eigenvalue weighted by molar-refractivity contribution is 6.07. The number of fused-ring (bicyclic) bond motifs is 1. The molecule has 0 radical (unpaired) electrons. The molecular weight excluding hydrogens is 204 g/mol. The first-order valence-electron chi connectivity index (χ1n) is 5.00. The van der Waals surface area contributed by atoms with Crippen LogP contribution in [0.4, 0.5) is 5.69 Å². The van der Waals surface area contributed by atoms with E-state index in [1.54, 1.807) is 11.9 Å². The summed E-state index contributed by atoms with van der Waals surface area (Å²) in [5.74, 6) is -0.0268. The van der Waals surface area contributed by atoms with Gasteiger partial charge in [-0.05, 0) is 24.1 Å². The van der Waals surface area contributed by atoms with E-state index < -0.39 is 5.41 Å². The average molecular weight is 216 g/mol. The Morgan fingerprint density at radius 3 is 2.88 bits per heavy atom. The van der Waals surface area contributed by atoms with Crippen molar-refractivity contribution in [3.8, 4) is 0 Å². The van der Waals surface area contributed by atoms with E-state index in [-0.39, 0.29) is 12.5 Å². The van der Waals surface area contributed by atoms with Crippen molar-refractivity contribution < 1.29 is 4.79 Å². The average Bonchev–Trinajstić information content (AvgIpc) is 2.51. The fourth-order valence-corrected chi connectivity index (χ4v) is 2.15. The molecule has 0 saturated heterocycles. The summed E-state index contributed by atoms with van der Waals surface area (Å²) in [5, 5.41) is 3.54. The predicted octanol–water partition coefficient (Wildman–Crippen LogP) is 2.23. The topological polar surface area (TPSA) is 69.1 Å². The van der Waals surface area contributed by atoms with Crippen molar-refractivity contribution in [3.63, 3.8) is 0 Å². The van der Waals surface area contributed by atoms with Gasteiger partial charge >= 0.3 is 0 Å². The first-order valence-corrected chi connectivity index (χ1v) is 5.00. The Morgan fingerprint density at radius 1 is 1.50 bits per heavy atom. The number of nitrogens with zero attached hydrogens (tertiary/aromatic N) is 4. The van der Waals surface area contributed by atoms with E-state index in [1.807, 2.05) is 31.2 Å². The summed E-state index contributed by atoms with van der Waals surface area (Å²) in [6.07, 6.45) is 0. The van der Waals surface area contributed by atoms with Gasteiger partial charge < -0.3 is 4.90 Å². The quantitative estimate of drug-likeness (QED) is 0.424. The number of hydrogen-bond donors (Lipinski definition) is 0. The van der Waals surface area contributed by atoms with Gasteiger partial charge in [-0.15, -0.1) is 0 Å². The number of anilines is 1. The van der Waals surface area contributed by atoms with Crippen molar-refractivity contribution in [1.29, 1.82) is 0 Å². The second kappa shape index (κ2) is 3.54. The maximum absolute atomic E-state index is 12.1. The molecule has 1 aromatic rings. The second-order valence-corrected chi connectivity index (χ2v) is 4.10. The van der Waals surface area contributed by atoms with Crippen molar-refractivity contribution in [3.05, 3.63) is 40.3 Å². The predicted molar refractivity (Wildman–Crippen MR) is 61.2 cm³/mol. The number of hydrogen-bond acceptors (Lipinski definition) is 2. The fourth-order valence-electron chi connectivity index (χ4n) is 2.15. The van der Waals surface area contributed by atoms with Crippen molar-refractivity contribution >= 4 is 11.6 Å². The van der Waals surface area contributed by atoms with Gasteiger partial charge in [0, 0.05) is 24.2 Å². The lowest BCUT2D eigenvalue weighted by atomic mass is 9.84. The molecule has 0 spiro atoms. The van der Waals surface area contributed by atoms with Gasteiger partial charge in [0.1, 0.15) is 0 Å². The van der Waals surface area contributed by atoms with E-state index in [0.717, 1.165) is 11.3 Å². The number of para-hydroxylation sites is 1. The van der Waals surface area contributed by atoms with Gasteiger partial charge in [0.05, 0.1) is 5.41 Å². The van der Waals surface area contributed by atoms with Crippen LogP contribution in [0.3, 0.4) is 0 Å². The number of carbonyl (C=O) groups is 1. The molecule has 16 heavy (non-hydrogen) atoms. The van der Waals surface area contributed by atoms with Crippen molar-refractivity contribution in [2.45, 2.75) is 12.3 Å². The van der Waals surface area contributed by atoms with Gasteiger partial charge in [-0.3, -0.25) is 4.79 Å². The lowest BCUT2D eigenvalue weighted by Crippen LogP contribution is -2.38. The molecule has 5 nitrogen and oxygen atoms in total. The van der Waals surface area contributed by atoms with Crippen LogP contribution in [0.1, 0.15) is 12.5 Å². The molecule has 1 amide bonds. The summed E-state index contributed by atoms with van der Waals surface area (Å²) >= 11 is 0. The molecular formula is C11H12N4O. The van der Waals surface area contributed by atoms with Crippen molar-refractivity contribution in [2.24, 2.45) is 5.11 Å². The number of carbonyl (C=O) groups excluding carboxylic acids is 1. The van der Waals surface area contributed by atoms with Crippen LogP contribution in [-0.2, 0) is 10.2 Å². The lowest BCUT2D eigenvalue weighted by Gasteiger charge is -2.20. The highest BCUT2D eigenvalue weighted by Gasteiger charge is 2.45. The molecule has 1 heterocycles. The summed E-state index contributed by atoms with van der Waals surface area (Å²) < 4.78 is 0. The molecule has 0 bridgehead atoms. The Morgan fingerprint density at radius 2 is 2.19 bits per heavy atom. The van der Waals surface area contributed by atoms with E-state index in [1.165, 1.54) is 0 Å². The van der Waals surface area contributed by atoms with Gasteiger partial charge in [-0.2, -0.15) is 0 Å². The van der Waals surface area contributed by atoms with E-state index in [9.17, 15) is 4.79 Å². The third-order valence-corrected chi connectivity index (χ3v) is 3.09. The summed E-state index contributed by atoms with van der Waals surface area (Å²) in [6, 6.07) is 7.58. The Balaban J connectivity index is 2.55. The molecule has 0 aromatic heterocycles. The van der Waals surface area contributed by atoms with Crippen LogP contribution in [0.25, 0.3) is 10.4 Å². The molecule has 0 saturated carbocycles. The number of benzene rings is 1. The second-order valence-electron chi connectivity index (χ2n) is 4.10. The standard InChI is InChI=1S/C11H12N4O/c1-11(7-13-14-12)8-5-3-4-6-9(8)15(2)10(11)16/h3-6H,7H2,1-2H3/t11-/m1/s1. The zero-order valence-corrected chi connectivity index (χ0v) is 9.21. The maximum Gasteiger partial charge on any atom is 0.237 e. The molecule has 1 aromatic carbocycles. The monoisotopic (exact) mass is 216 g/mol. The van der Waals surface area contributed by atoms with Crippen LogP contribution >= 0.6 is 0 Å². The Kier molecular flexibility index (Phi) is 2.33. The zero-order chi connectivity index (χ0) is 11.8. The summed E-state index contributed by atoms with van der Waals surface area (Å²) in [4.78, 5) is 16.5. The van der Waals surface area contributed by atoms with Gasteiger partial charge in [0.25, 0.3) is 0 Å². The largest absolute Gasteiger partial charge is 0.314 e. The summed E-state index contributed by atoms with van der Waals surface area (Å²) in [6.45, 7) is 1.97. The molecule has 0 fully saturated rings. The molecule has 1 aliphatic rings. The Bertz CT molecular complexity index is 493. The van der Waals surface area contributed by atoms with Crippen LogP contribution < -0.4 is 4.90 Å². The highest BCUT2D eigenvalue weighted by Crippen LogP contribution is 2.40. The Labute approximate surface area is 93.3 Å². The fraction of sp³-hybridized carbons (Fsp3) is 0.364. The van der Waals surface area contributed by atoms with E-state index >= 15 is 0 Å². The molecule has 1 aliphatic heterocycles. The molecule has 82 valence electrons. The highest BCUT2D eigenvalue weighted by atomic mass is 16.2. The van der Waals surface area contributed by atoms with Crippen LogP contribution in [0, 0.1) is 0 Å². The van der Waals surface area contributed by atoms with E-state index in [4.69, 9.17) is 5.53 Å².